The number of aromatic amines is 1. The molecule has 0 saturated carbocycles. The first-order valence-electron chi connectivity index (χ1n) is 7.98. The Morgan fingerprint density at radius 3 is 2.52 bits per heavy atom. The highest BCUT2D eigenvalue weighted by atomic mass is 79.9. The number of aromatic nitrogens is 2. The van der Waals surface area contributed by atoms with Gasteiger partial charge in [-0.05, 0) is 37.1 Å². The Labute approximate surface area is 148 Å². The number of aryl methyl sites for hydroxylation is 2. The Kier molecular flexibility index (Phi) is 5.78. The molecule has 1 aromatic heterocycles. The number of benzene rings is 2. The number of rotatable bonds is 5. The number of unbranched alkanes of at least 4 members (excludes halogenated alkanes) is 1. The summed E-state index contributed by atoms with van der Waals surface area (Å²) in [6.45, 7) is 9.29. The predicted molar refractivity (Wildman–Crippen MR) is 93.7 cm³/mol. The van der Waals surface area contributed by atoms with Gasteiger partial charge in [-0.3, -0.25) is 0 Å². The zero-order valence-corrected chi connectivity index (χ0v) is 15.4. The van der Waals surface area contributed by atoms with Gasteiger partial charge in [-0.2, -0.15) is 0 Å². The second-order valence-electron chi connectivity index (χ2n) is 5.78. The Morgan fingerprint density at radius 1 is 1.13 bits per heavy atom. The van der Waals surface area contributed by atoms with Gasteiger partial charge in [0.1, 0.15) is 0 Å². The molecular formula is C20H23BrN2. The fraction of sp³-hybridized carbons (Fsp3) is 0.250. The van der Waals surface area contributed by atoms with Gasteiger partial charge in [0.15, 0.2) is 11.0 Å². The largest absolute Gasteiger partial charge is 1.00 e. The molecule has 0 radical (unpaired) electrons. The van der Waals surface area contributed by atoms with Gasteiger partial charge in [0.2, 0.25) is 0 Å². The van der Waals surface area contributed by atoms with Crippen molar-refractivity contribution in [1.82, 2.24) is 4.98 Å². The Bertz CT molecular complexity index is 800. The van der Waals surface area contributed by atoms with E-state index in [0.717, 1.165) is 12.1 Å². The smallest absolute Gasteiger partial charge is 0.287 e. The number of para-hydroxylation sites is 1. The molecule has 0 aliphatic rings. The summed E-state index contributed by atoms with van der Waals surface area (Å²) in [5.41, 5.74) is 6.21. The topological polar surface area (TPSA) is 19.7 Å². The lowest BCUT2D eigenvalue weighted by Crippen LogP contribution is -3.00. The summed E-state index contributed by atoms with van der Waals surface area (Å²) >= 11 is 0. The van der Waals surface area contributed by atoms with Crippen molar-refractivity contribution < 1.29 is 21.5 Å². The average Bonchev–Trinajstić information content (AvgIpc) is 2.93. The van der Waals surface area contributed by atoms with E-state index < -0.39 is 0 Å². The number of nitrogens with zero attached hydrogens (tertiary/aromatic N) is 1. The fourth-order valence-electron chi connectivity index (χ4n) is 2.97. The number of halogens is 1. The Morgan fingerprint density at radius 2 is 1.87 bits per heavy atom. The van der Waals surface area contributed by atoms with Gasteiger partial charge in [-0.1, -0.05) is 50.3 Å². The van der Waals surface area contributed by atoms with Crippen LogP contribution in [0, 0.1) is 6.92 Å². The van der Waals surface area contributed by atoms with Crippen molar-refractivity contribution in [1.29, 1.82) is 0 Å². The zero-order chi connectivity index (χ0) is 15.5. The highest BCUT2D eigenvalue weighted by Crippen LogP contribution is 2.22. The Balaban J connectivity index is 0.00000192. The van der Waals surface area contributed by atoms with Crippen LogP contribution in [0.25, 0.3) is 28.5 Å². The van der Waals surface area contributed by atoms with Gasteiger partial charge in [-0.25, -0.2) is 9.55 Å². The molecule has 0 atom stereocenters. The van der Waals surface area contributed by atoms with E-state index in [-0.39, 0.29) is 17.0 Å². The van der Waals surface area contributed by atoms with E-state index in [9.17, 15) is 0 Å². The lowest BCUT2D eigenvalue weighted by atomic mass is 10.1. The first kappa shape index (κ1) is 17.5. The monoisotopic (exact) mass is 370 g/mol. The number of hydrogen-bond donors (Lipinski definition) is 1. The number of fused-ring (bicyclic) bond motifs is 1. The first-order valence-corrected chi connectivity index (χ1v) is 7.98. The van der Waals surface area contributed by atoms with E-state index in [4.69, 9.17) is 0 Å². The molecule has 0 unspecified atom stereocenters. The zero-order valence-electron chi connectivity index (χ0n) is 13.8. The minimum Gasteiger partial charge on any atom is -1.00 e. The van der Waals surface area contributed by atoms with Gasteiger partial charge in [0.25, 0.3) is 5.82 Å². The molecule has 1 heterocycles. The standard InChI is InChI=1S/C20H22N2.BrH/c1-4-6-14-22-19-15(3)8-7-9-18(19)21-20(22)17-12-10-16(5-2)11-13-17;/h5,7-13H,2,4,6,14H2,1,3H3;1H. The molecule has 0 fully saturated rings. The van der Waals surface area contributed by atoms with Gasteiger partial charge >= 0.3 is 0 Å². The number of H-pyrrole nitrogens is 1. The minimum atomic E-state index is 0. The van der Waals surface area contributed by atoms with Crippen LogP contribution in [-0.2, 0) is 6.54 Å². The molecule has 2 nitrogen and oxygen atoms in total. The summed E-state index contributed by atoms with van der Waals surface area (Å²) < 4.78 is 2.43. The average molecular weight is 371 g/mol. The maximum Gasteiger partial charge on any atom is 0.287 e. The van der Waals surface area contributed by atoms with Crippen LogP contribution < -0.4 is 21.5 Å². The molecule has 3 rings (SSSR count). The molecule has 0 saturated heterocycles. The first-order chi connectivity index (χ1) is 10.7. The SMILES string of the molecule is C=Cc1ccc(-c2[nH]c3cccc(C)c3[n+]2CCCC)cc1.[Br-]. The van der Waals surface area contributed by atoms with E-state index >= 15 is 0 Å². The van der Waals surface area contributed by atoms with Crippen molar-refractivity contribution in [3.05, 3.63) is 60.2 Å². The van der Waals surface area contributed by atoms with E-state index in [2.05, 4.69) is 72.4 Å². The fourth-order valence-corrected chi connectivity index (χ4v) is 2.97. The van der Waals surface area contributed by atoms with Crippen LogP contribution in [0.5, 0.6) is 0 Å². The molecule has 0 aliphatic heterocycles. The van der Waals surface area contributed by atoms with Crippen LogP contribution in [0.15, 0.2) is 49.0 Å². The summed E-state index contributed by atoms with van der Waals surface area (Å²) in [6.07, 6.45) is 4.26. The van der Waals surface area contributed by atoms with Crippen LogP contribution in [-0.4, -0.2) is 4.98 Å². The van der Waals surface area contributed by atoms with Crippen molar-refractivity contribution in [2.75, 3.05) is 0 Å². The maximum absolute atomic E-state index is 3.82. The summed E-state index contributed by atoms with van der Waals surface area (Å²) in [5, 5.41) is 0. The molecule has 120 valence electrons. The highest BCUT2D eigenvalue weighted by molar-refractivity contribution is 5.77. The van der Waals surface area contributed by atoms with E-state index in [1.807, 2.05) is 6.08 Å². The normalized spacial score (nSPS) is 10.5. The van der Waals surface area contributed by atoms with E-state index in [0.29, 0.717) is 0 Å². The molecule has 1 N–H and O–H groups in total. The highest BCUT2D eigenvalue weighted by Gasteiger charge is 2.20. The molecule has 0 bridgehead atoms. The number of nitrogens with one attached hydrogen (secondary N) is 1. The van der Waals surface area contributed by atoms with Gasteiger partial charge in [0, 0.05) is 5.56 Å². The van der Waals surface area contributed by atoms with E-state index in [1.54, 1.807) is 0 Å². The van der Waals surface area contributed by atoms with Gasteiger partial charge in [-0.15, -0.1) is 0 Å². The summed E-state index contributed by atoms with van der Waals surface area (Å²) in [7, 11) is 0. The van der Waals surface area contributed by atoms with E-state index in [1.165, 1.54) is 40.8 Å². The third-order valence-corrected chi connectivity index (χ3v) is 4.19. The van der Waals surface area contributed by atoms with Crippen molar-refractivity contribution in [3.8, 4) is 11.4 Å². The Hall–Kier alpha value is -1.87. The second kappa shape index (κ2) is 7.60. The summed E-state index contributed by atoms with van der Waals surface area (Å²) in [4.78, 5) is 3.60. The van der Waals surface area contributed by atoms with Crippen LogP contribution in [0.2, 0.25) is 0 Å². The molecule has 0 amide bonds. The molecule has 3 aromatic rings. The molecule has 2 aromatic carbocycles. The third-order valence-electron chi connectivity index (χ3n) is 4.19. The summed E-state index contributed by atoms with van der Waals surface area (Å²) in [5.74, 6) is 1.19. The molecule has 0 aliphatic carbocycles. The lowest BCUT2D eigenvalue weighted by Gasteiger charge is -2.03. The maximum atomic E-state index is 3.82. The molecular weight excluding hydrogens is 348 g/mol. The second-order valence-corrected chi connectivity index (χ2v) is 5.78. The van der Waals surface area contributed by atoms with Crippen molar-refractivity contribution in [3.63, 3.8) is 0 Å². The minimum absolute atomic E-state index is 0. The van der Waals surface area contributed by atoms with Crippen molar-refractivity contribution >= 4 is 17.1 Å². The van der Waals surface area contributed by atoms with Crippen molar-refractivity contribution in [2.45, 2.75) is 33.2 Å². The van der Waals surface area contributed by atoms with Crippen LogP contribution in [0.3, 0.4) is 0 Å². The van der Waals surface area contributed by atoms with Crippen LogP contribution in [0.4, 0.5) is 0 Å². The van der Waals surface area contributed by atoms with Gasteiger partial charge in [0.05, 0.1) is 12.1 Å². The number of hydrogen-bond acceptors (Lipinski definition) is 0. The predicted octanol–water partition coefficient (Wildman–Crippen LogP) is 1.88. The molecule has 3 heteroatoms. The molecule has 23 heavy (non-hydrogen) atoms. The van der Waals surface area contributed by atoms with Crippen LogP contribution >= 0.6 is 0 Å². The lowest BCUT2D eigenvalue weighted by molar-refractivity contribution is -0.660. The quantitative estimate of drug-likeness (QED) is 0.661. The third kappa shape index (κ3) is 3.40. The number of imidazole rings is 1. The molecule has 0 spiro atoms. The van der Waals surface area contributed by atoms with Crippen molar-refractivity contribution in [2.24, 2.45) is 0 Å². The van der Waals surface area contributed by atoms with Gasteiger partial charge < -0.3 is 17.0 Å². The van der Waals surface area contributed by atoms with Crippen LogP contribution in [0.1, 0.15) is 30.9 Å². The summed E-state index contributed by atoms with van der Waals surface area (Å²) in [6, 6.07) is 15.0.